The Labute approximate surface area is 138 Å². The zero-order valence-corrected chi connectivity index (χ0v) is 15.5. The van der Waals surface area contributed by atoms with Gasteiger partial charge in [0.05, 0.1) is 0 Å². The summed E-state index contributed by atoms with van der Waals surface area (Å²) < 4.78 is 0. The SMILES string of the molecule is CC.CC.Cc1ccc2c(c1)CCC(NC1CCCC1)CC2. The smallest absolute Gasteiger partial charge is 0.00759 e. The van der Waals surface area contributed by atoms with Gasteiger partial charge in [-0.1, -0.05) is 64.3 Å². The number of hydrogen-bond acceptors (Lipinski definition) is 1. The van der Waals surface area contributed by atoms with Gasteiger partial charge in [0, 0.05) is 12.1 Å². The van der Waals surface area contributed by atoms with Crippen molar-refractivity contribution in [3.8, 4) is 0 Å². The lowest BCUT2D eigenvalue weighted by molar-refractivity contribution is 0.398. The molecule has 0 aromatic heterocycles. The van der Waals surface area contributed by atoms with Crippen LogP contribution in [0.2, 0.25) is 0 Å². The van der Waals surface area contributed by atoms with Crippen LogP contribution in [0.4, 0.5) is 0 Å². The molecule has 1 aromatic rings. The van der Waals surface area contributed by atoms with Crippen LogP contribution in [0.15, 0.2) is 18.2 Å². The predicted octanol–water partition coefficient (Wildman–Crippen LogP) is 5.83. The van der Waals surface area contributed by atoms with E-state index in [4.69, 9.17) is 0 Å². The summed E-state index contributed by atoms with van der Waals surface area (Å²) in [6.45, 7) is 10.2. The maximum Gasteiger partial charge on any atom is 0.00759 e. The molecule has 1 nitrogen and oxygen atoms in total. The summed E-state index contributed by atoms with van der Waals surface area (Å²) in [6.07, 6.45) is 10.9. The van der Waals surface area contributed by atoms with Gasteiger partial charge in [0.2, 0.25) is 0 Å². The third-order valence-corrected chi connectivity index (χ3v) is 4.71. The molecule has 0 heterocycles. The summed E-state index contributed by atoms with van der Waals surface area (Å²) >= 11 is 0. The molecule has 1 unspecified atom stereocenters. The summed E-state index contributed by atoms with van der Waals surface area (Å²) in [4.78, 5) is 0. The van der Waals surface area contributed by atoms with Gasteiger partial charge in [-0.3, -0.25) is 0 Å². The summed E-state index contributed by atoms with van der Waals surface area (Å²) in [5.74, 6) is 0. The van der Waals surface area contributed by atoms with Gasteiger partial charge < -0.3 is 5.32 Å². The summed E-state index contributed by atoms with van der Waals surface area (Å²) in [7, 11) is 0. The van der Waals surface area contributed by atoms with Gasteiger partial charge in [0.15, 0.2) is 0 Å². The number of fused-ring (bicyclic) bond motifs is 1. The maximum absolute atomic E-state index is 3.91. The van der Waals surface area contributed by atoms with Crippen molar-refractivity contribution in [2.75, 3.05) is 0 Å². The number of rotatable bonds is 2. The lowest BCUT2D eigenvalue weighted by Gasteiger charge is -2.21. The molecule has 2 aliphatic rings. The van der Waals surface area contributed by atoms with Crippen LogP contribution in [0.1, 0.15) is 82.9 Å². The molecule has 2 aliphatic carbocycles. The number of hydrogen-bond donors (Lipinski definition) is 1. The largest absolute Gasteiger partial charge is 0.311 e. The van der Waals surface area contributed by atoms with Crippen LogP contribution >= 0.6 is 0 Å². The van der Waals surface area contributed by atoms with E-state index < -0.39 is 0 Å². The van der Waals surface area contributed by atoms with Crippen LogP contribution < -0.4 is 5.32 Å². The maximum atomic E-state index is 3.91. The van der Waals surface area contributed by atoms with Crippen molar-refractivity contribution in [1.29, 1.82) is 0 Å². The van der Waals surface area contributed by atoms with E-state index in [0.717, 1.165) is 12.1 Å². The van der Waals surface area contributed by atoms with Crippen molar-refractivity contribution < 1.29 is 0 Å². The number of benzene rings is 1. The Morgan fingerprint density at radius 2 is 1.32 bits per heavy atom. The van der Waals surface area contributed by atoms with Gasteiger partial charge in [0.1, 0.15) is 0 Å². The van der Waals surface area contributed by atoms with Crippen molar-refractivity contribution >= 4 is 0 Å². The van der Waals surface area contributed by atoms with Crippen LogP contribution in [0.3, 0.4) is 0 Å². The van der Waals surface area contributed by atoms with Crippen LogP contribution in [-0.2, 0) is 12.8 Å². The molecule has 1 N–H and O–H groups in total. The minimum absolute atomic E-state index is 0.751. The monoisotopic (exact) mass is 303 g/mol. The van der Waals surface area contributed by atoms with E-state index in [9.17, 15) is 0 Å². The molecule has 1 fully saturated rings. The quantitative estimate of drug-likeness (QED) is 0.678. The molecule has 0 spiro atoms. The minimum Gasteiger partial charge on any atom is -0.311 e. The zero-order chi connectivity index (χ0) is 16.4. The summed E-state index contributed by atoms with van der Waals surface area (Å²) in [6, 6.07) is 8.58. The van der Waals surface area contributed by atoms with Gasteiger partial charge in [-0.2, -0.15) is 0 Å². The Hall–Kier alpha value is -0.820. The predicted molar refractivity (Wildman–Crippen MR) is 99.7 cm³/mol. The Balaban J connectivity index is 0.000000561. The first-order valence-electron chi connectivity index (χ1n) is 9.66. The zero-order valence-electron chi connectivity index (χ0n) is 15.5. The summed E-state index contributed by atoms with van der Waals surface area (Å²) in [5, 5.41) is 3.91. The third-order valence-electron chi connectivity index (χ3n) is 4.71. The van der Waals surface area contributed by atoms with Gasteiger partial charge in [-0.05, 0) is 56.6 Å². The van der Waals surface area contributed by atoms with Gasteiger partial charge in [0.25, 0.3) is 0 Å². The highest BCUT2D eigenvalue weighted by atomic mass is 15.0. The topological polar surface area (TPSA) is 12.0 Å². The minimum atomic E-state index is 0.751. The molecule has 22 heavy (non-hydrogen) atoms. The van der Waals surface area contributed by atoms with Crippen LogP contribution in [0, 0.1) is 6.92 Å². The lowest BCUT2D eigenvalue weighted by Crippen LogP contribution is -2.36. The van der Waals surface area contributed by atoms with Crippen LogP contribution in [-0.4, -0.2) is 12.1 Å². The van der Waals surface area contributed by atoms with Crippen LogP contribution in [0.5, 0.6) is 0 Å². The van der Waals surface area contributed by atoms with Crippen molar-refractivity contribution in [1.82, 2.24) is 5.32 Å². The number of aryl methyl sites for hydroxylation is 3. The molecule has 0 bridgehead atoms. The third kappa shape index (κ3) is 5.76. The first-order chi connectivity index (χ1) is 10.8. The van der Waals surface area contributed by atoms with E-state index in [2.05, 4.69) is 30.4 Å². The Bertz CT molecular complexity index is 404. The molecule has 126 valence electrons. The Morgan fingerprint density at radius 1 is 0.773 bits per heavy atom. The van der Waals surface area contributed by atoms with E-state index in [0.29, 0.717) is 0 Å². The average Bonchev–Trinajstić information content (AvgIpc) is 3.00. The van der Waals surface area contributed by atoms with Gasteiger partial charge >= 0.3 is 0 Å². The van der Waals surface area contributed by atoms with Crippen molar-refractivity contribution in [3.63, 3.8) is 0 Å². The molecule has 1 heteroatoms. The van der Waals surface area contributed by atoms with E-state index in [1.54, 1.807) is 11.1 Å². The molecular weight excluding hydrogens is 266 g/mol. The second-order valence-electron chi connectivity index (χ2n) is 6.19. The van der Waals surface area contributed by atoms with E-state index in [-0.39, 0.29) is 0 Å². The molecular formula is C21H37N. The van der Waals surface area contributed by atoms with Gasteiger partial charge in [-0.15, -0.1) is 0 Å². The van der Waals surface area contributed by atoms with Gasteiger partial charge in [-0.25, -0.2) is 0 Å². The summed E-state index contributed by atoms with van der Waals surface area (Å²) in [5.41, 5.74) is 4.61. The molecule has 0 saturated heterocycles. The molecule has 1 saturated carbocycles. The second-order valence-corrected chi connectivity index (χ2v) is 6.19. The lowest BCUT2D eigenvalue weighted by atomic mass is 10.0. The van der Waals surface area contributed by atoms with Crippen LogP contribution in [0.25, 0.3) is 0 Å². The average molecular weight is 304 g/mol. The molecule has 1 atom stereocenters. The highest BCUT2D eigenvalue weighted by molar-refractivity contribution is 5.32. The molecule has 0 radical (unpaired) electrons. The van der Waals surface area contributed by atoms with E-state index >= 15 is 0 Å². The van der Waals surface area contributed by atoms with Crippen molar-refractivity contribution in [2.45, 2.75) is 98.1 Å². The fourth-order valence-corrected chi connectivity index (χ4v) is 3.63. The van der Waals surface area contributed by atoms with Crippen molar-refractivity contribution in [2.24, 2.45) is 0 Å². The van der Waals surface area contributed by atoms with E-state index in [1.165, 1.54) is 56.9 Å². The molecule has 0 aliphatic heterocycles. The second kappa shape index (κ2) is 10.8. The first kappa shape index (κ1) is 19.2. The normalized spacial score (nSPS) is 20.9. The highest BCUT2D eigenvalue weighted by Crippen LogP contribution is 2.24. The Morgan fingerprint density at radius 3 is 1.95 bits per heavy atom. The number of nitrogens with one attached hydrogen (secondary N) is 1. The molecule has 3 rings (SSSR count). The fraction of sp³-hybridized carbons (Fsp3) is 0.714. The highest BCUT2D eigenvalue weighted by Gasteiger charge is 2.21. The van der Waals surface area contributed by atoms with E-state index in [1.807, 2.05) is 27.7 Å². The molecule has 1 aromatic carbocycles. The standard InChI is InChI=1S/C17H25N.2C2H6/c1-13-6-7-14-8-10-17(11-9-15(14)12-13)18-16-4-2-3-5-16;2*1-2/h6-7,12,16-18H,2-5,8-11H2,1H3;2*1-2H3. The molecule has 0 amide bonds. The first-order valence-corrected chi connectivity index (χ1v) is 9.66. The van der Waals surface area contributed by atoms with Crippen molar-refractivity contribution in [3.05, 3.63) is 34.9 Å². The Kier molecular flexibility index (Phi) is 9.47. The fourth-order valence-electron chi connectivity index (χ4n) is 3.63.